The van der Waals surface area contributed by atoms with E-state index in [0.717, 1.165) is 32.4 Å². The minimum absolute atomic E-state index is 0.163. The molecule has 2 fully saturated rings. The van der Waals surface area contributed by atoms with Crippen LogP contribution in [0.5, 0.6) is 0 Å². The molecule has 0 aromatic heterocycles. The van der Waals surface area contributed by atoms with E-state index in [1.54, 1.807) is 7.11 Å². The number of hydrogen-bond acceptors (Lipinski definition) is 3. The lowest BCUT2D eigenvalue weighted by molar-refractivity contribution is -0.173. The molecule has 104 valence electrons. The van der Waals surface area contributed by atoms with Crippen molar-refractivity contribution in [1.82, 2.24) is 10.2 Å². The van der Waals surface area contributed by atoms with Crippen LogP contribution in [0.2, 0.25) is 0 Å². The molecule has 0 bridgehead atoms. The maximum absolute atomic E-state index is 12.3. The number of carbonyl (C=O) groups excluding carboxylic acids is 1. The first kappa shape index (κ1) is 13.8. The molecular formula is C14H26N2O2. The van der Waals surface area contributed by atoms with E-state index in [2.05, 4.69) is 19.2 Å². The van der Waals surface area contributed by atoms with Crippen LogP contribution in [-0.4, -0.2) is 50.2 Å². The van der Waals surface area contributed by atoms with Crippen LogP contribution in [0.3, 0.4) is 0 Å². The quantitative estimate of drug-likeness (QED) is 0.803. The van der Waals surface area contributed by atoms with Crippen molar-refractivity contribution < 1.29 is 9.53 Å². The Morgan fingerprint density at radius 1 is 1.39 bits per heavy atom. The van der Waals surface area contributed by atoms with Crippen LogP contribution in [-0.2, 0) is 9.53 Å². The molecule has 2 atom stereocenters. The molecular weight excluding hydrogens is 228 g/mol. The van der Waals surface area contributed by atoms with Crippen molar-refractivity contribution in [2.24, 2.45) is 11.3 Å². The number of ether oxygens (including phenoxy) is 1. The van der Waals surface area contributed by atoms with Gasteiger partial charge < -0.3 is 15.0 Å². The average molecular weight is 254 g/mol. The molecule has 1 amide bonds. The maximum Gasteiger partial charge on any atom is 0.228 e. The molecule has 2 rings (SSSR count). The van der Waals surface area contributed by atoms with E-state index >= 15 is 0 Å². The van der Waals surface area contributed by atoms with Crippen LogP contribution in [0.1, 0.15) is 33.1 Å². The van der Waals surface area contributed by atoms with Crippen molar-refractivity contribution in [2.45, 2.75) is 45.3 Å². The summed E-state index contributed by atoms with van der Waals surface area (Å²) in [4.78, 5) is 14.3. The predicted molar refractivity (Wildman–Crippen MR) is 71.3 cm³/mol. The fourth-order valence-corrected chi connectivity index (χ4v) is 3.68. The van der Waals surface area contributed by atoms with Gasteiger partial charge >= 0.3 is 0 Å². The summed E-state index contributed by atoms with van der Waals surface area (Å²) in [6.45, 7) is 6.11. The Labute approximate surface area is 110 Å². The van der Waals surface area contributed by atoms with Gasteiger partial charge in [-0.05, 0) is 19.3 Å². The zero-order valence-corrected chi connectivity index (χ0v) is 12.0. The summed E-state index contributed by atoms with van der Waals surface area (Å²) in [7, 11) is 3.76. The van der Waals surface area contributed by atoms with Crippen molar-refractivity contribution in [3.05, 3.63) is 0 Å². The monoisotopic (exact) mass is 254 g/mol. The van der Waals surface area contributed by atoms with Crippen LogP contribution in [0, 0.1) is 11.3 Å². The topological polar surface area (TPSA) is 41.6 Å². The second-order valence-corrected chi connectivity index (χ2v) is 5.72. The van der Waals surface area contributed by atoms with Gasteiger partial charge in [-0.15, -0.1) is 0 Å². The number of nitrogens with zero attached hydrogens (tertiary/aromatic N) is 1. The highest BCUT2D eigenvalue weighted by molar-refractivity contribution is 5.80. The van der Waals surface area contributed by atoms with Gasteiger partial charge in [0.2, 0.25) is 5.91 Å². The zero-order valence-electron chi connectivity index (χ0n) is 12.0. The van der Waals surface area contributed by atoms with E-state index in [9.17, 15) is 4.79 Å². The van der Waals surface area contributed by atoms with E-state index in [1.807, 2.05) is 11.9 Å². The van der Waals surface area contributed by atoms with E-state index in [0.29, 0.717) is 18.1 Å². The van der Waals surface area contributed by atoms with Gasteiger partial charge in [-0.2, -0.15) is 0 Å². The van der Waals surface area contributed by atoms with E-state index in [4.69, 9.17) is 4.74 Å². The lowest BCUT2D eigenvalue weighted by Crippen LogP contribution is -2.66. The van der Waals surface area contributed by atoms with Crippen molar-refractivity contribution in [1.29, 1.82) is 0 Å². The molecule has 1 N–H and O–H groups in total. The summed E-state index contributed by atoms with van der Waals surface area (Å²) in [5.41, 5.74) is 0.163. The first-order valence-electron chi connectivity index (χ1n) is 7.10. The molecule has 1 saturated heterocycles. The van der Waals surface area contributed by atoms with E-state index in [1.165, 1.54) is 0 Å². The van der Waals surface area contributed by atoms with Crippen LogP contribution in [0.15, 0.2) is 0 Å². The van der Waals surface area contributed by atoms with Gasteiger partial charge in [0, 0.05) is 38.7 Å². The molecule has 1 aliphatic heterocycles. The van der Waals surface area contributed by atoms with Gasteiger partial charge in [-0.25, -0.2) is 0 Å². The molecule has 0 aromatic carbocycles. The van der Waals surface area contributed by atoms with Crippen LogP contribution >= 0.6 is 0 Å². The third-order valence-corrected chi connectivity index (χ3v) is 5.29. The van der Waals surface area contributed by atoms with Crippen molar-refractivity contribution in [3.63, 3.8) is 0 Å². The maximum atomic E-state index is 12.3. The number of amides is 1. The Morgan fingerprint density at radius 2 is 2.00 bits per heavy atom. The Balaban J connectivity index is 2.06. The van der Waals surface area contributed by atoms with Crippen molar-refractivity contribution >= 4 is 5.91 Å². The number of rotatable bonds is 5. The highest BCUT2D eigenvalue weighted by Gasteiger charge is 2.56. The molecule has 4 heteroatoms. The summed E-state index contributed by atoms with van der Waals surface area (Å²) >= 11 is 0. The van der Waals surface area contributed by atoms with Crippen LogP contribution in [0.4, 0.5) is 0 Å². The number of nitrogens with one attached hydrogen (secondary N) is 1. The molecule has 1 heterocycles. The first-order chi connectivity index (χ1) is 8.60. The number of hydrogen-bond donors (Lipinski definition) is 1. The summed E-state index contributed by atoms with van der Waals surface area (Å²) < 4.78 is 5.59. The van der Waals surface area contributed by atoms with Gasteiger partial charge in [-0.3, -0.25) is 4.79 Å². The normalized spacial score (nSPS) is 30.4. The highest BCUT2D eigenvalue weighted by atomic mass is 16.5. The second-order valence-electron chi connectivity index (χ2n) is 5.72. The second kappa shape index (κ2) is 5.17. The summed E-state index contributed by atoms with van der Waals surface area (Å²) in [5.74, 6) is 0.502. The minimum atomic E-state index is 0.163. The predicted octanol–water partition coefficient (Wildman–Crippen LogP) is 1.26. The van der Waals surface area contributed by atoms with Crippen molar-refractivity contribution in [2.75, 3.05) is 27.2 Å². The van der Waals surface area contributed by atoms with Gasteiger partial charge in [-0.1, -0.05) is 13.8 Å². The van der Waals surface area contributed by atoms with Gasteiger partial charge in [0.1, 0.15) is 0 Å². The smallest absolute Gasteiger partial charge is 0.228 e. The lowest BCUT2D eigenvalue weighted by Gasteiger charge is -2.58. The summed E-state index contributed by atoms with van der Waals surface area (Å²) in [5, 5.41) is 3.17. The Bertz CT molecular complexity index is 311. The summed E-state index contributed by atoms with van der Waals surface area (Å²) in [6.07, 6.45) is 3.45. The highest BCUT2D eigenvalue weighted by Crippen LogP contribution is 2.51. The standard InChI is InChI=1S/C14H26N2O2/c1-5-14(6-2)11(7-12(14)18-4)16(3)13(17)10-8-15-9-10/h10-12,15H,5-9H2,1-4H3. The molecule has 1 aliphatic carbocycles. The minimum Gasteiger partial charge on any atom is -0.381 e. The van der Waals surface area contributed by atoms with Crippen molar-refractivity contribution in [3.8, 4) is 0 Å². The average Bonchev–Trinajstić information content (AvgIpc) is 2.27. The summed E-state index contributed by atoms with van der Waals surface area (Å²) in [6, 6.07) is 0.352. The fourth-order valence-electron chi connectivity index (χ4n) is 3.68. The van der Waals surface area contributed by atoms with Gasteiger partial charge in [0.15, 0.2) is 0 Å². The largest absolute Gasteiger partial charge is 0.381 e. The Hall–Kier alpha value is -0.610. The molecule has 18 heavy (non-hydrogen) atoms. The SMILES string of the molecule is CCC1(CC)C(OC)CC1N(C)C(=O)C1CNC1. The molecule has 2 unspecified atom stereocenters. The molecule has 0 aromatic rings. The number of carbonyl (C=O) groups is 1. The fraction of sp³-hybridized carbons (Fsp3) is 0.929. The Kier molecular flexibility index (Phi) is 3.97. The molecule has 2 aliphatic rings. The molecule has 4 nitrogen and oxygen atoms in total. The Morgan fingerprint density at radius 3 is 2.39 bits per heavy atom. The zero-order chi connectivity index (χ0) is 13.3. The van der Waals surface area contributed by atoms with Gasteiger partial charge in [0.05, 0.1) is 12.0 Å². The third kappa shape index (κ3) is 1.86. The molecule has 1 saturated carbocycles. The molecule has 0 spiro atoms. The lowest BCUT2D eigenvalue weighted by atomic mass is 9.58. The third-order valence-electron chi connectivity index (χ3n) is 5.29. The van der Waals surface area contributed by atoms with Gasteiger partial charge in [0.25, 0.3) is 0 Å². The molecule has 0 radical (unpaired) electrons. The number of methoxy groups -OCH3 is 1. The van der Waals surface area contributed by atoms with E-state index < -0.39 is 0 Å². The van der Waals surface area contributed by atoms with E-state index in [-0.39, 0.29) is 11.3 Å². The van der Waals surface area contributed by atoms with Crippen LogP contribution < -0.4 is 5.32 Å². The first-order valence-corrected chi connectivity index (χ1v) is 7.10. The van der Waals surface area contributed by atoms with Crippen LogP contribution in [0.25, 0.3) is 0 Å².